The Hall–Kier alpha value is -1.11. The van der Waals surface area contributed by atoms with Gasteiger partial charge in [0.05, 0.1) is 18.5 Å². The summed E-state index contributed by atoms with van der Waals surface area (Å²) >= 11 is 0. The molecule has 1 unspecified atom stereocenters. The van der Waals surface area contributed by atoms with E-state index in [-0.39, 0.29) is 24.5 Å². The molecule has 120 valence electrons. The number of ether oxygens (including phenoxy) is 1. The maximum atomic E-state index is 12.0. The molecule has 1 aromatic rings. The zero-order chi connectivity index (χ0) is 15.9. The van der Waals surface area contributed by atoms with Crippen LogP contribution in [0.25, 0.3) is 0 Å². The van der Waals surface area contributed by atoms with Crippen LogP contribution >= 0.6 is 0 Å². The van der Waals surface area contributed by atoms with Crippen LogP contribution in [-0.2, 0) is 14.8 Å². The molecule has 1 aromatic carbocycles. The van der Waals surface area contributed by atoms with Crippen LogP contribution in [0, 0.1) is 0 Å². The summed E-state index contributed by atoms with van der Waals surface area (Å²) in [7, 11) is -3.38. The van der Waals surface area contributed by atoms with E-state index in [9.17, 15) is 8.42 Å². The Morgan fingerprint density at radius 2 is 1.95 bits per heavy atom. The number of anilines is 1. The quantitative estimate of drug-likeness (QED) is 0.735. The van der Waals surface area contributed by atoms with E-state index in [0.717, 1.165) is 12.1 Å². The number of sulfonamides is 1. The predicted molar refractivity (Wildman–Crippen MR) is 87.0 cm³/mol. The standard InChI is InChI=1S/C15H26N2O3S/c1-5-16-13(4)14-7-6-8-15(11-14)17-21(18,19)10-9-20-12(2)3/h6-8,11-13,16-17H,5,9-10H2,1-4H3. The lowest BCUT2D eigenvalue weighted by Crippen LogP contribution is -2.22. The van der Waals surface area contributed by atoms with E-state index in [4.69, 9.17) is 4.74 Å². The molecule has 0 saturated heterocycles. The van der Waals surface area contributed by atoms with E-state index >= 15 is 0 Å². The van der Waals surface area contributed by atoms with Crippen molar-refractivity contribution in [3.63, 3.8) is 0 Å². The van der Waals surface area contributed by atoms with Gasteiger partial charge in [0.25, 0.3) is 0 Å². The molecule has 0 amide bonds. The predicted octanol–water partition coefficient (Wildman–Crippen LogP) is 2.52. The highest BCUT2D eigenvalue weighted by molar-refractivity contribution is 7.92. The van der Waals surface area contributed by atoms with E-state index in [1.54, 1.807) is 6.07 Å². The van der Waals surface area contributed by atoms with E-state index in [0.29, 0.717) is 5.69 Å². The first-order valence-electron chi connectivity index (χ1n) is 7.29. The molecule has 2 N–H and O–H groups in total. The monoisotopic (exact) mass is 314 g/mol. The van der Waals surface area contributed by atoms with Crippen LogP contribution in [0.4, 0.5) is 5.69 Å². The Morgan fingerprint density at radius 1 is 1.24 bits per heavy atom. The van der Waals surface area contributed by atoms with Crippen molar-refractivity contribution in [2.45, 2.75) is 39.8 Å². The molecule has 0 aliphatic rings. The SMILES string of the molecule is CCNC(C)c1cccc(NS(=O)(=O)CCOC(C)C)c1. The molecule has 0 spiro atoms. The van der Waals surface area contributed by atoms with Gasteiger partial charge >= 0.3 is 0 Å². The van der Waals surface area contributed by atoms with Crippen LogP contribution in [0.1, 0.15) is 39.3 Å². The second-order valence-electron chi connectivity index (χ2n) is 5.25. The van der Waals surface area contributed by atoms with Gasteiger partial charge < -0.3 is 10.1 Å². The molecule has 0 aliphatic carbocycles. The van der Waals surface area contributed by atoms with Crippen molar-refractivity contribution in [1.29, 1.82) is 0 Å². The fourth-order valence-electron chi connectivity index (χ4n) is 1.92. The van der Waals surface area contributed by atoms with Gasteiger partial charge in [-0.2, -0.15) is 0 Å². The van der Waals surface area contributed by atoms with Crippen LogP contribution in [0.5, 0.6) is 0 Å². The van der Waals surface area contributed by atoms with Crippen molar-refractivity contribution in [2.75, 3.05) is 23.6 Å². The Labute approximate surface area is 128 Å². The van der Waals surface area contributed by atoms with E-state index in [2.05, 4.69) is 10.0 Å². The number of hydrogen-bond acceptors (Lipinski definition) is 4. The Kier molecular flexibility index (Phi) is 7.14. The first-order chi connectivity index (χ1) is 9.84. The molecule has 0 heterocycles. The number of hydrogen-bond donors (Lipinski definition) is 2. The highest BCUT2D eigenvalue weighted by atomic mass is 32.2. The molecule has 0 radical (unpaired) electrons. The molecule has 5 nitrogen and oxygen atoms in total. The van der Waals surface area contributed by atoms with Gasteiger partial charge in [0, 0.05) is 11.7 Å². The summed E-state index contributed by atoms with van der Waals surface area (Å²) in [4.78, 5) is 0. The number of benzene rings is 1. The Morgan fingerprint density at radius 3 is 2.57 bits per heavy atom. The van der Waals surface area contributed by atoms with Crippen molar-refractivity contribution in [2.24, 2.45) is 0 Å². The van der Waals surface area contributed by atoms with Crippen LogP contribution in [0.3, 0.4) is 0 Å². The fraction of sp³-hybridized carbons (Fsp3) is 0.600. The Bertz CT molecular complexity index is 529. The van der Waals surface area contributed by atoms with Crippen molar-refractivity contribution in [3.05, 3.63) is 29.8 Å². The van der Waals surface area contributed by atoms with Gasteiger partial charge in [-0.1, -0.05) is 19.1 Å². The van der Waals surface area contributed by atoms with Crippen molar-refractivity contribution >= 4 is 15.7 Å². The largest absolute Gasteiger partial charge is 0.378 e. The van der Waals surface area contributed by atoms with Gasteiger partial charge in [0.15, 0.2) is 0 Å². The normalized spacial score (nSPS) is 13.4. The molecule has 21 heavy (non-hydrogen) atoms. The smallest absolute Gasteiger partial charge is 0.235 e. The van der Waals surface area contributed by atoms with Crippen LogP contribution in [-0.4, -0.2) is 33.4 Å². The van der Waals surface area contributed by atoms with Crippen LogP contribution in [0.2, 0.25) is 0 Å². The summed E-state index contributed by atoms with van der Waals surface area (Å²) < 4.78 is 31.8. The Balaban J connectivity index is 2.67. The second-order valence-corrected chi connectivity index (χ2v) is 7.09. The van der Waals surface area contributed by atoms with E-state index < -0.39 is 10.0 Å². The first kappa shape index (κ1) is 17.9. The molecule has 0 aliphatic heterocycles. The second kappa shape index (κ2) is 8.36. The highest BCUT2D eigenvalue weighted by Crippen LogP contribution is 2.18. The molecule has 1 atom stereocenters. The van der Waals surface area contributed by atoms with Crippen molar-refractivity contribution in [3.8, 4) is 0 Å². The summed E-state index contributed by atoms with van der Waals surface area (Å²) in [6.07, 6.45) is 0.0319. The zero-order valence-electron chi connectivity index (χ0n) is 13.2. The lowest BCUT2D eigenvalue weighted by Gasteiger charge is -2.15. The molecule has 0 aromatic heterocycles. The fourth-order valence-corrected chi connectivity index (χ4v) is 2.82. The van der Waals surface area contributed by atoms with Crippen molar-refractivity contribution in [1.82, 2.24) is 5.32 Å². The molecule has 0 fully saturated rings. The molecule has 0 bridgehead atoms. The summed E-state index contributed by atoms with van der Waals surface area (Å²) in [5.74, 6) is -0.0435. The van der Waals surface area contributed by atoms with Gasteiger partial charge in [0.2, 0.25) is 10.0 Å². The van der Waals surface area contributed by atoms with Crippen molar-refractivity contribution < 1.29 is 13.2 Å². The maximum Gasteiger partial charge on any atom is 0.235 e. The summed E-state index contributed by atoms with van der Waals surface area (Å²) in [5, 5.41) is 3.30. The lowest BCUT2D eigenvalue weighted by atomic mass is 10.1. The van der Waals surface area contributed by atoms with Gasteiger partial charge in [-0.3, -0.25) is 4.72 Å². The highest BCUT2D eigenvalue weighted by Gasteiger charge is 2.12. The first-order valence-corrected chi connectivity index (χ1v) is 8.94. The van der Waals surface area contributed by atoms with E-state index in [1.165, 1.54) is 0 Å². The van der Waals surface area contributed by atoms with Crippen LogP contribution in [0.15, 0.2) is 24.3 Å². The third kappa shape index (κ3) is 6.93. The zero-order valence-corrected chi connectivity index (χ0v) is 14.0. The minimum absolute atomic E-state index is 0.0319. The van der Waals surface area contributed by atoms with Gasteiger partial charge in [-0.05, 0) is 45.0 Å². The van der Waals surface area contributed by atoms with Gasteiger partial charge in [-0.15, -0.1) is 0 Å². The molecular weight excluding hydrogens is 288 g/mol. The summed E-state index contributed by atoms with van der Waals surface area (Å²) in [6, 6.07) is 7.62. The maximum absolute atomic E-state index is 12.0. The molecule has 6 heteroatoms. The summed E-state index contributed by atoms with van der Waals surface area (Å²) in [5.41, 5.74) is 1.64. The van der Waals surface area contributed by atoms with Gasteiger partial charge in [-0.25, -0.2) is 8.42 Å². The minimum atomic E-state index is -3.38. The minimum Gasteiger partial charge on any atom is -0.378 e. The molecule has 1 rings (SSSR count). The lowest BCUT2D eigenvalue weighted by molar-refractivity contribution is 0.0913. The average molecular weight is 314 g/mol. The molecule has 0 saturated carbocycles. The van der Waals surface area contributed by atoms with Gasteiger partial charge in [0.1, 0.15) is 0 Å². The number of rotatable bonds is 9. The topological polar surface area (TPSA) is 67.4 Å². The average Bonchev–Trinajstić information content (AvgIpc) is 2.38. The third-order valence-electron chi connectivity index (χ3n) is 2.97. The number of nitrogens with one attached hydrogen (secondary N) is 2. The summed E-state index contributed by atoms with van der Waals surface area (Å²) in [6.45, 7) is 8.91. The molecular formula is C15H26N2O3S. The van der Waals surface area contributed by atoms with E-state index in [1.807, 2.05) is 45.9 Å². The van der Waals surface area contributed by atoms with Crippen LogP contribution < -0.4 is 10.0 Å². The third-order valence-corrected chi connectivity index (χ3v) is 4.22.